The number of anilines is 1. The fourth-order valence-electron chi connectivity index (χ4n) is 3.64. The van der Waals surface area contributed by atoms with Gasteiger partial charge in [0, 0.05) is 41.4 Å². The van der Waals surface area contributed by atoms with Crippen LogP contribution in [0.25, 0.3) is 22.3 Å². The smallest absolute Gasteiger partial charge is 0.412 e. The van der Waals surface area contributed by atoms with E-state index in [1.54, 1.807) is 22.9 Å². The maximum atomic E-state index is 12.2. The summed E-state index contributed by atoms with van der Waals surface area (Å²) in [7, 11) is -1.27. The monoisotopic (exact) mass is 506 g/mol. The number of aromatic nitrogens is 2. The molecule has 1 N–H and O–H groups in total. The van der Waals surface area contributed by atoms with Gasteiger partial charge in [0.2, 0.25) is 0 Å². The summed E-state index contributed by atoms with van der Waals surface area (Å²) in [6.07, 6.45) is -0.504. The van der Waals surface area contributed by atoms with Crippen LogP contribution in [0.5, 0.6) is 0 Å². The van der Waals surface area contributed by atoms with Crippen molar-refractivity contribution in [1.29, 1.82) is 5.26 Å². The molecule has 0 radical (unpaired) electrons. The number of ether oxygens (including phenoxy) is 1. The number of nitrogens with one attached hydrogen (secondary N) is 1. The Morgan fingerprint density at radius 2 is 1.94 bits per heavy atom. The number of hydrogen-bond acceptors (Lipinski definition) is 5. The minimum atomic E-state index is -1.27. The fraction of sp³-hybridized carbons (Fsp3) is 0.269. The lowest BCUT2D eigenvalue weighted by Crippen LogP contribution is -2.24. The zero-order valence-electron chi connectivity index (χ0n) is 20.2. The van der Waals surface area contributed by atoms with Crippen LogP contribution in [0.4, 0.5) is 10.6 Å². The predicted octanol–water partition coefficient (Wildman–Crippen LogP) is 7.06. The molecule has 4 rings (SSSR count). The second-order valence-corrected chi connectivity index (χ2v) is 15.7. The molecular formula is C26H27ClN4O3Si. The van der Waals surface area contributed by atoms with E-state index in [-0.39, 0.29) is 0 Å². The number of carbonyl (C=O) groups is 1. The number of aryl methyl sites for hydroxylation is 1. The fourth-order valence-corrected chi connectivity index (χ4v) is 4.60. The van der Waals surface area contributed by atoms with E-state index in [1.807, 2.05) is 37.3 Å². The van der Waals surface area contributed by atoms with E-state index in [9.17, 15) is 4.79 Å². The van der Waals surface area contributed by atoms with Gasteiger partial charge in [-0.25, -0.2) is 4.79 Å². The zero-order chi connectivity index (χ0) is 25.2. The number of benzene rings is 2. The Kier molecular flexibility index (Phi) is 7.01. The molecule has 35 heavy (non-hydrogen) atoms. The number of carbonyl (C=O) groups excluding carboxylic acids is 1. The molecule has 2 aromatic carbocycles. The van der Waals surface area contributed by atoms with Crippen LogP contribution in [-0.2, 0) is 11.3 Å². The van der Waals surface area contributed by atoms with Gasteiger partial charge in [-0.3, -0.25) is 10.00 Å². The summed E-state index contributed by atoms with van der Waals surface area (Å²) in [5.41, 5.74) is 3.91. The van der Waals surface area contributed by atoms with E-state index >= 15 is 0 Å². The van der Waals surface area contributed by atoms with E-state index < -0.39 is 14.2 Å². The molecule has 7 nitrogen and oxygen atoms in total. The molecule has 9 heteroatoms. The highest BCUT2D eigenvalue weighted by molar-refractivity contribution is 6.76. The molecule has 4 aromatic rings. The number of rotatable bonds is 7. The van der Waals surface area contributed by atoms with Crippen LogP contribution < -0.4 is 5.32 Å². The highest BCUT2D eigenvalue weighted by Gasteiger charge is 2.16. The molecule has 0 saturated heterocycles. The maximum Gasteiger partial charge on any atom is 0.412 e. The number of furan rings is 1. The van der Waals surface area contributed by atoms with E-state index in [0.29, 0.717) is 40.9 Å². The number of fused-ring (bicyclic) bond motifs is 1. The summed E-state index contributed by atoms with van der Waals surface area (Å²) in [4.78, 5) is 12.2. The number of nitriles is 1. The summed E-state index contributed by atoms with van der Waals surface area (Å²) >= 11 is 6.40. The second-order valence-electron chi connectivity index (χ2n) is 9.68. The Morgan fingerprint density at radius 3 is 2.63 bits per heavy atom. The molecule has 0 spiro atoms. The molecule has 0 aliphatic rings. The highest BCUT2D eigenvalue weighted by Crippen LogP contribution is 2.33. The third kappa shape index (κ3) is 6.12. The van der Waals surface area contributed by atoms with Crippen LogP contribution in [0.1, 0.15) is 16.8 Å². The Labute approximate surface area is 210 Å². The van der Waals surface area contributed by atoms with Crippen molar-refractivity contribution in [3.8, 4) is 17.4 Å². The van der Waals surface area contributed by atoms with Gasteiger partial charge in [-0.1, -0.05) is 31.2 Å². The Hall–Kier alpha value is -3.54. The van der Waals surface area contributed by atoms with Crippen LogP contribution in [0, 0.1) is 18.3 Å². The van der Waals surface area contributed by atoms with Crippen molar-refractivity contribution in [3.63, 3.8) is 0 Å². The minimum absolute atomic E-state index is 0.405. The average Bonchev–Trinajstić information content (AvgIpc) is 3.36. The van der Waals surface area contributed by atoms with Gasteiger partial charge in [-0.15, -0.1) is 0 Å². The predicted molar refractivity (Wildman–Crippen MR) is 141 cm³/mol. The first kappa shape index (κ1) is 24.6. The Bertz CT molecular complexity index is 1410. The van der Waals surface area contributed by atoms with Gasteiger partial charge in [0.05, 0.1) is 24.8 Å². The Morgan fingerprint density at radius 1 is 1.20 bits per heavy atom. The van der Waals surface area contributed by atoms with Crippen LogP contribution >= 0.6 is 11.6 Å². The van der Waals surface area contributed by atoms with Crippen molar-refractivity contribution in [2.75, 3.05) is 11.9 Å². The van der Waals surface area contributed by atoms with Crippen molar-refractivity contribution in [1.82, 2.24) is 9.78 Å². The summed E-state index contributed by atoms with van der Waals surface area (Å²) in [6, 6.07) is 17.7. The van der Waals surface area contributed by atoms with Crippen molar-refractivity contribution in [2.45, 2.75) is 39.2 Å². The van der Waals surface area contributed by atoms with E-state index in [2.05, 4.69) is 36.1 Å². The summed E-state index contributed by atoms with van der Waals surface area (Å²) in [5.74, 6) is 1.12. The standard InChI is InChI=1S/C26H27ClN4O3Si/c1-17-11-24(29-26(32)33-9-10-35(2,3)4)30-31(17)16-21-13-22(27)12-20-14-23(34-25(20)21)19-7-5-18(15-28)6-8-19/h5-8,11-14H,9-10,16H2,1-4H3,(H,29,30,32). The molecule has 0 aliphatic heterocycles. The van der Waals surface area contributed by atoms with Gasteiger partial charge >= 0.3 is 6.09 Å². The number of hydrogen-bond donors (Lipinski definition) is 1. The molecule has 0 fully saturated rings. The lowest BCUT2D eigenvalue weighted by atomic mass is 10.1. The van der Waals surface area contributed by atoms with Crippen LogP contribution in [0.3, 0.4) is 0 Å². The second kappa shape index (κ2) is 9.98. The Balaban J connectivity index is 1.53. The lowest BCUT2D eigenvalue weighted by molar-refractivity contribution is 0.167. The maximum absolute atomic E-state index is 12.2. The van der Waals surface area contributed by atoms with Crippen molar-refractivity contribution >= 4 is 42.6 Å². The lowest BCUT2D eigenvalue weighted by Gasteiger charge is -2.15. The van der Waals surface area contributed by atoms with Gasteiger partial charge in [0.15, 0.2) is 5.82 Å². The molecule has 0 saturated carbocycles. The van der Waals surface area contributed by atoms with E-state index in [4.69, 9.17) is 26.0 Å². The molecule has 0 bridgehead atoms. The van der Waals surface area contributed by atoms with E-state index in [1.165, 1.54) is 0 Å². The third-order valence-electron chi connectivity index (χ3n) is 5.57. The SMILES string of the molecule is Cc1cc(NC(=O)OCC[Si](C)(C)C)nn1Cc1cc(Cl)cc2cc(-c3ccc(C#N)cc3)oc12. The molecular weight excluding hydrogens is 480 g/mol. The first-order chi connectivity index (χ1) is 16.6. The average molecular weight is 507 g/mol. The van der Waals surface area contributed by atoms with Gasteiger partial charge in [0.25, 0.3) is 0 Å². The quantitative estimate of drug-likeness (QED) is 0.271. The normalized spacial score (nSPS) is 11.4. The molecule has 0 aliphatic carbocycles. The van der Waals surface area contributed by atoms with Gasteiger partial charge in [-0.05, 0) is 55.4 Å². The summed E-state index contributed by atoms with van der Waals surface area (Å²) < 4.78 is 13.3. The molecule has 180 valence electrons. The van der Waals surface area contributed by atoms with Crippen molar-refractivity contribution < 1.29 is 13.9 Å². The van der Waals surface area contributed by atoms with Gasteiger partial charge in [-0.2, -0.15) is 10.4 Å². The van der Waals surface area contributed by atoms with Crippen molar-refractivity contribution in [3.05, 3.63) is 70.4 Å². The number of amides is 1. The molecule has 2 heterocycles. The summed E-state index contributed by atoms with van der Waals surface area (Å²) in [6.45, 7) is 9.44. The highest BCUT2D eigenvalue weighted by atomic mass is 35.5. The zero-order valence-corrected chi connectivity index (χ0v) is 21.9. The first-order valence-corrected chi connectivity index (χ1v) is 15.4. The summed E-state index contributed by atoms with van der Waals surface area (Å²) in [5, 5.41) is 17.7. The van der Waals surface area contributed by atoms with Crippen molar-refractivity contribution in [2.24, 2.45) is 0 Å². The third-order valence-corrected chi connectivity index (χ3v) is 7.50. The van der Waals surface area contributed by atoms with Crippen LogP contribution in [-0.4, -0.2) is 30.6 Å². The van der Waals surface area contributed by atoms with Gasteiger partial charge in [0.1, 0.15) is 11.3 Å². The minimum Gasteiger partial charge on any atom is -0.456 e. The van der Waals surface area contributed by atoms with E-state index in [0.717, 1.165) is 28.3 Å². The van der Waals surface area contributed by atoms with Crippen LogP contribution in [0.15, 0.2) is 52.9 Å². The van der Waals surface area contributed by atoms with Crippen LogP contribution in [0.2, 0.25) is 30.7 Å². The molecule has 2 aromatic heterocycles. The topological polar surface area (TPSA) is 93.1 Å². The largest absolute Gasteiger partial charge is 0.456 e. The molecule has 1 amide bonds. The molecule has 0 atom stereocenters. The first-order valence-electron chi connectivity index (χ1n) is 11.3. The number of nitrogens with zero attached hydrogens (tertiary/aromatic N) is 3. The van der Waals surface area contributed by atoms with Gasteiger partial charge < -0.3 is 9.15 Å². The number of halogens is 1. The molecule has 0 unspecified atom stereocenters.